The van der Waals surface area contributed by atoms with Gasteiger partial charge in [-0.3, -0.25) is 9.59 Å². The third-order valence-corrected chi connectivity index (χ3v) is 9.62. The maximum absolute atomic E-state index is 12.3. The van der Waals surface area contributed by atoms with Crippen molar-refractivity contribution >= 4 is 62.4 Å². The van der Waals surface area contributed by atoms with Gasteiger partial charge in [-0.1, -0.05) is 13.8 Å². The third kappa shape index (κ3) is 7.18. The van der Waals surface area contributed by atoms with Gasteiger partial charge in [0.25, 0.3) is 0 Å². The van der Waals surface area contributed by atoms with Gasteiger partial charge in [-0.25, -0.2) is 9.97 Å². The number of carbonyl (C=O) groups is 2. The largest absolute Gasteiger partial charge is 0.469 e. The summed E-state index contributed by atoms with van der Waals surface area (Å²) >= 11 is 0. The molecule has 8 bridgehead atoms. The number of carbonyl (C=O) groups excluding carboxylic acids is 2. The van der Waals surface area contributed by atoms with Crippen molar-refractivity contribution in [2.24, 2.45) is 0 Å². The van der Waals surface area contributed by atoms with Crippen molar-refractivity contribution in [1.82, 2.24) is 19.9 Å². The van der Waals surface area contributed by atoms with Crippen molar-refractivity contribution in [3.8, 4) is 6.07 Å². The van der Waals surface area contributed by atoms with Gasteiger partial charge in [0, 0.05) is 57.5 Å². The van der Waals surface area contributed by atoms with E-state index in [1.54, 1.807) is 0 Å². The number of H-pyrrole nitrogens is 2. The van der Waals surface area contributed by atoms with Gasteiger partial charge in [0.05, 0.1) is 48.6 Å². The Hall–Kier alpha value is -4.74. The molecule has 0 radical (unpaired) electrons. The Bertz CT molecular complexity index is 2120. The molecule has 2 N–H and O–H groups in total. The SMILES string of the molecule is CCC1=C(C)c2cc3nc(cc4[nH]c(cc5[nH]c(c(C)c5CC)c(C=CC#N)c1n2)c(C)c4CCC(=O)OC)C(CCC(=O)OC)=C3C.[Ni]. The van der Waals surface area contributed by atoms with Crippen molar-refractivity contribution < 1.29 is 35.6 Å². The zero-order chi connectivity index (χ0) is 34.7. The van der Waals surface area contributed by atoms with Crippen molar-refractivity contribution in [3.05, 3.63) is 74.9 Å². The van der Waals surface area contributed by atoms with E-state index in [0.717, 1.165) is 102 Å². The zero-order valence-electron chi connectivity index (χ0n) is 29.4. The van der Waals surface area contributed by atoms with Crippen molar-refractivity contribution in [1.29, 1.82) is 5.26 Å². The summed E-state index contributed by atoms with van der Waals surface area (Å²) in [4.78, 5) is 42.2. The number of fused-ring (bicyclic) bond motifs is 8. The molecule has 0 amide bonds. The first-order valence-corrected chi connectivity index (χ1v) is 16.4. The van der Waals surface area contributed by atoms with Gasteiger partial charge in [0.1, 0.15) is 0 Å². The molecule has 3 aromatic rings. The fraction of sp³-hybridized carbons (Fsp3) is 0.359. The topological polar surface area (TPSA) is 134 Å². The number of nitriles is 1. The van der Waals surface area contributed by atoms with Gasteiger partial charge < -0.3 is 19.4 Å². The Morgan fingerprint density at radius 2 is 1.41 bits per heavy atom. The minimum Gasteiger partial charge on any atom is -0.469 e. The molecule has 3 aromatic heterocycles. The van der Waals surface area contributed by atoms with Crippen LogP contribution in [0.2, 0.25) is 0 Å². The van der Waals surface area contributed by atoms with E-state index in [1.165, 1.54) is 25.9 Å². The molecule has 5 rings (SSSR count). The smallest absolute Gasteiger partial charge is 0.305 e. The van der Waals surface area contributed by atoms with E-state index in [9.17, 15) is 14.9 Å². The summed E-state index contributed by atoms with van der Waals surface area (Å²) in [6.07, 6.45) is 6.31. The minimum atomic E-state index is -0.289. The molecule has 0 aliphatic carbocycles. The van der Waals surface area contributed by atoms with E-state index in [2.05, 4.69) is 56.7 Å². The Morgan fingerprint density at radius 3 is 2.04 bits per heavy atom. The third-order valence-electron chi connectivity index (χ3n) is 9.62. The molecule has 10 heteroatoms. The number of ether oxygens (including phenoxy) is 2. The number of hydrogen-bond acceptors (Lipinski definition) is 7. The number of aryl methyl sites for hydroxylation is 4. The number of allylic oxidation sites excluding steroid dienone is 5. The summed E-state index contributed by atoms with van der Waals surface area (Å²) in [7, 11) is 2.80. The average molecular weight is 704 g/mol. The van der Waals surface area contributed by atoms with E-state index in [0.29, 0.717) is 12.8 Å². The Balaban J connectivity index is 0.00000541. The number of nitrogens with one attached hydrogen (secondary N) is 2. The molecule has 2 aliphatic rings. The second-order valence-electron chi connectivity index (χ2n) is 12.2. The van der Waals surface area contributed by atoms with Crippen molar-refractivity contribution in [2.75, 3.05) is 14.2 Å². The van der Waals surface area contributed by atoms with E-state index in [-0.39, 0.29) is 41.3 Å². The molecule has 0 saturated carbocycles. The molecule has 0 atom stereocenters. The predicted octanol–water partition coefficient (Wildman–Crippen LogP) is 8.36. The summed E-state index contributed by atoms with van der Waals surface area (Å²) < 4.78 is 9.95. The van der Waals surface area contributed by atoms with E-state index < -0.39 is 0 Å². The molecule has 258 valence electrons. The first kappa shape index (κ1) is 37.1. The molecular formula is C39H43N5NiO4. The zero-order valence-corrected chi connectivity index (χ0v) is 30.4. The van der Waals surface area contributed by atoms with E-state index in [4.69, 9.17) is 19.4 Å². The molecule has 9 nitrogen and oxygen atoms in total. The summed E-state index contributed by atoms with van der Waals surface area (Å²) in [5.41, 5.74) is 16.1. The fourth-order valence-electron chi connectivity index (χ4n) is 6.85. The molecule has 0 unspecified atom stereocenters. The molecule has 49 heavy (non-hydrogen) atoms. The number of aromatic amines is 2. The van der Waals surface area contributed by atoms with E-state index in [1.807, 2.05) is 25.1 Å². The van der Waals surface area contributed by atoms with Crippen LogP contribution in [0.3, 0.4) is 0 Å². The van der Waals surface area contributed by atoms with Crippen LogP contribution in [0.5, 0.6) is 0 Å². The number of hydrogen-bond donors (Lipinski definition) is 2. The van der Waals surface area contributed by atoms with Crippen LogP contribution >= 0.6 is 0 Å². The summed E-state index contributed by atoms with van der Waals surface area (Å²) in [5, 5.41) is 9.58. The number of aromatic nitrogens is 4. The quantitative estimate of drug-likeness (QED) is 0.130. The van der Waals surface area contributed by atoms with Gasteiger partial charge in [-0.2, -0.15) is 5.26 Å². The monoisotopic (exact) mass is 703 g/mol. The first-order valence-electron chi connectivity index (χ1n) is 16.4. The maximum atomic E-state index is 12.3. The van der Waals surface area contributed by atoms with Crippen LogP contribution in [0.15, 0.2) is 24.3 Å². The van der Waals surface area contributed by atoms with Gasteiger partial charge in [-0.05, 0) is 122 Å². The van der Waals surface area contributed by atoms with Crippen LogP contribution in [0.1, 0.15) is 104 Å². The van der Waals surface area contributed by atoms with Gasteiger partial charge in [-0.15, -0.1) is 0 Å². The number of methoxy groups -OCH3 is 2. The van der Waals surface area contributed by atoms with Gasteiger partial charge in [0.2, 0.25) is 0 Å². The normalized spacial score (nSPS) is 12.7. The van der Waals surface area contributed by atoms with Crippen LogP contribution in [0, 0.1) is 25.2 Å². The summed E-state index contributed by atoms with van der Waals surface area (Å²) in [5.74, 6) is -0.568. The average Bonchev–Trinajstić information content (AvgIpc) is 3.75. The van der Waals surface area contributed by atoms with Gasteiger partial charge >= 0.3 is 11.9 Å². The van der Waals surface area contributed by atoms with Crippen molar-refractivity contribution in [2.45, 2.75) is 80.1 Å². The van der Waals surface area contributed by atoms with Crippen LogP contribution in [-0.4, -0.2) is 46.1 Å². The second kappa shape index (κ2) is 15.7. The minimum absolute atomic E-state index is 0. The summed E-state index contributed by atoms with van der Waals surface area (Å²) in [6.45, 7) is 12.5. The van der Waals surface area contributed by atoms with Crippen LogP contribution in [0.4, 0.5) is 0 Å². The predicted molar refractivity (Wildman–Crippen MR) is 191 cm³/mol. The van der Waals surface area contributed by atoms with E-state index >= 15 is 0 Å². The fourth-order valence-corrected chi connectivity index (χ4v) is 6.85. The molecule has 0 spiro atoms. The number of rotatable bonds is 9. The first-order chi connectivity index (χ1) is 23.1. The molecule has 0 aromatic carbocycles. The second-order valence-corrected chi connectivity index (χ2v) is 12.2. The molecule has 2 aliphatic heterocycles. The van der Waals surface area contributed by atoms with Crippen molar-refractivity contribution in [3.63, 3.8) is 0 Å². The summed E-state index contributed by atoms with van der Waals surface area (Å²) in [6, 6.07) is 8.34. The number of esters is 2. The van der Waals surface area contributed by atoms with Crippen LogP contribution in [0.25, 0.3) is 50.4 Å². The maximum Gasteiger partial charge on any atom is 0.305 e. The van der Waals surface area contributed by atoms with Crippen LogP contribution in [-0.2, 0) is 48.4 Å². The molecular weight excluding hydrogens is 661 g/mol. The molecule has 5 heterocycles. The molecule has 0 fully saturated rings. The van der Waals surface area contributed by atoms with Gasteiger partial charge in [0.15, 0.2) is 0 Å². The Morgan fingerprint density at radius 1 is 0.776 bits per heavy atom. The Labute approximate surface area is 297 Å². The Kier molecular flexibility index (Phi) is 11.8. The van der Waals surface area contributed by atoms with Crippen LogP contribution < -0.4 is 0 Å². The molecule has 0 saturated heterocycles. The number of nitrogens with zero attached hydrogens (tertiary/aromatic N) is 3. The standard InChI is InChI=1S/C39H43N5O4.Ni/c1-9-25-24(6)38-29(12-11-17-40)39-26(10-2)21(3)32(43-39)18-30-22(4)27(13-15-36(45)47-7)34(41-30)20-35-28(14-16-37(46)48-8)23(5)31(42-35)19-33(25)44-38;/h11-12,18-20,42,44H,9-10,13-16H2,1-8H3;.